The number of hydrogen-bond acceptors (Lipinski definition) is 3. The van der Waals surface area contributed by atoms with E-state index >= 15 is 0 Å². The van der Waals surface area contributed by atoms with Crippen LogP contribution in [0.2, 0.25) is 5.02 Å². The monoisotopic (exact) mass is 326 g/mol. The molecule has 2 saturated heterocycles. The topological polar surface area (TPSA) is 58.6 Å². The molecule has 118 valence electrons. The fourth-order valence-corrected chi connectivity index (χ4v) is 3.07. The highest BCUT2D eigenvalue weighted by atomic mass is 35.5. The lowest BCUT2D eigenvalue weighted by Crippen LogP contribution is -2.54. The number of likely N-dealkylation sites (tertiary alicyclic amines) is 1. The Morgan fingerprint density at radius 3 is 3.00 bits per heavy atom. The number of benzene rings is 1. The van der Waals surface area contributed by atoms with Crippen molar-refractivity contribution in [2.45, 2.75) is 18.4 Å². The maximum absolute atomic E-state index is 13.0. The molecular weight excluding hydrogens is 311 g/mol. The van der Waals surface area contributed by atoms with Crippen molar-refractivity contribution in [3.05, 3.63) is 34.6 Å². The van der Waals surface area contributed by atoms with E-state index in [9.17, 15) is 14.0 Å². The number of halogens is 2. The van der Waals surface area contributed by atoms with Gasteiger partial charge in [-0.15, -0.1) is 0 Å². The zero-order chi connectivity index (χ0) is 15.7. The summed E-state index contributed by atoms with van der Waals surface area (Å²) in [5.41, 5.74) is 0.128. The van der Waals surface area contributed by atoms with Gasteiger partial charge in [-0.05, 0) is 24.1 Å². The molecule has 3 rings (SSSR count). The van der Waals surface area contributed by atoms with Crippen LogP contribution in [0.15, 0.2) is 18.2 Å². The van der Waals surface area contributed by atoms with E-state index in [1.807, 2.05) is 0 Å². The third-order valence-corrected chi connectivity index (χ3v) is 4.49. The van der Waals surface area contributed by atoms with Gasteiger partial charge in [0, 0.05) is 18.1 Å². The van der Waals surface area contributed by atoms with Gasteiger partial charge >= 0.3 is 0 Å². The third kappa shape index (κ3) is 3.08. The van der Waals surface area contributed by atoms with Gasteiger partial charge in [0.1, 0.15) is 18.0 Å². The van der Waals surface area contributed by atoms with Crippen LogP contribution in [0.5, 0.6) is 0 Å². The van der Waals surface area contributed by atoms with Crippen molar-refractivity contribution in [3.8, 4) is 0 Å². The summed E-state index contributed by atoms with van der Waals surface area (Å²) in [4.78, 5) is 25.2. The van der Waals surface area contributed by atoms with Crippen molar-refractivity contribution in [2.75, 3.05) is 26.2 Å². The minimum atomic E-state index is -0.476. The van der Waals surface area contributed by atoms with Crippen LogP contribution in [0.3, 0.4) is 0 Å². The Labute approximate surface area is 132 Å². The Hall–Kier alpha value is -1.66. The number of carbonyl (C=O) groups excluding carboxylic acids is 2. The van der Waals surface area contributed by atoms with Gasteiger partial charge in [0.15, 0.2) is 0 Å². The zero-order valence-corrected chi connectivity index (χ0v) is 12.7. The van der Waals surface area contributed by atoms with Gasteiger partial charge in [0.2, 0.25) is 11.8 Å². The molecule has 0 aromatic heterocycles. The Balaban J connectivity index is 1.63. The maximum atomic E-state index is 13.0. The number of rotatable bonds is 2. The van der Waals surface area contributed by atoms with Crippen LogP contribution in [0, 0.1) is 5.82 Å². The van der Waals surface area contributed by atoms with E-state index in [4.69, 9.17) is 16.3 Å². The van der Waals surface area contributed by atoms with Gasteiger partial charge in [-0.3, -0.25) is 9.59 Å². The molecule has 2 aliphatic rings. The highest BCUT2D eigenvalue weighted by molar-refractivity contribution is 6.31. The van der Waals surface area contributed by atoms with Gasteiger partial charge in [0.05, 0.1) is 13.0 Å². The maximum Gasteiger partial charge on any atom is 0.246 e. The molecular formula is C15H16ClFN2O3. The number of ether oxygens (including phenoxy) is 1. The predicted octanol–water partition coefficient (Wildman–Crippen LogP) is 1.14. The normalized spacial score (nSPS) is 24.6. The van der Waals surface area contributed by atoms with Gasteiger partial charge < -0.3 is 15.0 Å². The molecule has 1 unspecified atom stereocenters. The number of nitrogens with zero attached hydrogens (tertiary/aromatic N) is 1. The number of hydrogen-bond donors (Lipinski definition) is 1. The second kappa shape index (κ2) is 5.85. The average Bonchev–Trinajstić information content (AvgIpc) is 2.90. The van der Waals surface area contributed by atoms with E-state index in [0.717, 1.165) is 0 Å². The second-order valence-corrected chi connectivity index (χ2v) is 6.13. The van der Waals surface area contributed by atoms with Crippen LogP contribution in [0.25, 0.3) is 0 Å². The van der Waals surface area contributed by atoms with Gasteiger partial charge in [-0.2, -0.15) is 0 Å². The van der Waals surface area contributed by atoms with Gasteiger partial charge in [-0.25, -0.2) is 4.39 Å². The highest BCUT2D eigenvalue weighted by Gasteiger charge is 2.43. The SMILES string of the molecule is O=C1COC2(CCN(C(=O)Cc3ccc(F)cc3Cl)C2)CN1. The fourth-order valence-electron chi connectivity index (χ4n) is 2.84. The predicted molar refractivity (Wildman–Crippen MR) is 78.0 cm³/mol. The molecule has 0 saturated carbocycles. The Morgan fingerprint density at radius 2 is 2.32 bits per heavy atom. The Kier molecular flexibility index (Phi) is 4.06. The molecule has 0 aliphatic carbocycles. The smallest absolute Gasteiger partial charge is 0.246 e. The molecule has 5 nitrogen and oxygen atoms in total. The molecule has 22 heavy (non-hydrogen) atoms. The van der Waals surface area contributed by atoms with E-state index in [1.165, 1.54) is 18.2 Å². The molecule has 2 heterocycles. The number of carbonyl (C=O) groups is 2. The van der Waals surface area contributed by atoms with Crippen molar-refractivity contribution < 1.29 is 18.7 Å². The first-order chi connectivity index (χ1) is 10.5. The lowest BCUT2D eigenvalue weighted by Gasteiger charge is -2.33. The second-order valence-electron chi connectivity index (χ2n) is 5.73. The molecule has 0 radical (unpaired) electrons. The van der Waals surface area contributed by atoms with Crippen LogP contribution >= 0.6 is 11.6 Å². The summed E-state index contributed by atoms with van der Waals surface area (Å²) in [6, 6.07) is 4.02. The quantitative estimate of drug-likeness (QED) is 0.886. The first kappa shape index (κ1) is 15.2. The van der Waals surface area contributed by atoms with Gasteiger partial charge in [-0.1, -0.05) is 17.7 Å². The van der Waals surface area contributed by atoms with Gasteiger partial charge in [0.25, 0.3) is 0 Å². The molecule has 1 aromatic carbocycles. The third-order valence-electron chi connectivity index (χ3n) is 4.14. The highest BCUT2D eigenvalue weighted by Crippen LogP contribution is 2.28. The lowest BCUT2D eigenvalue weighted by atomic mass is 10.0. The van der Waals surface area contributed by atoms with E-state index in [0.29, 0.717) is 31.6 Å². The number of amides is 2. The summed E-state index contributed by atoms with van der Waals surface area (Å²) in [5, 5.41) is 3.03. The summed E-state index contributed by atoms with van der Waals surface area (Å²) in [7, 11) is 0. The Morgan fingerprint density at radius 1 is 1.50 bits per heavy atom. The molecule has 2 fully saturated rings. The number of morpholine rings is 1. The minimum Gasteiger partial charge on any atom is -0.361 e. The van der Waals surface area contributed by atoms with Crippen LogP contribution in [-0.4, -0.2) is 48.6 Å². The van der Waals surface area contributed by atoms with Crippen molar-refractivity contribution in [1.29, 1.82) is 0 Å². The summed E-state index contributed by atoms with van der Waals surface area (Å²) >= 11 is 5.96. The molecule has 2 amide bonds. The van der Waals surface area contributed by atoms with Crippen molar-refractivity contribution in [3.63, 3.8) is 0 Å². The van der Waals surface area contributed by atoms with Crippen LogP contribution in [0.1, 0.15) is 12.0 Å². The van der Waals surface area contributed by atoms with E-state index in [1.54, 1.807) is 4.90 Å². The molecule has 7 heteroatoms. The van der Waals surface area contributed by atoms with Crippen LogP contribution < -0.4 is 5.32 Å². The zero-order valence-electron chi connectivity index (χ0n) is 11.9. The van der Waals surface area contributed by atoms with Crippen LogP contribution in [-0.2, 0) is 20.7 Å². The summed E-state index contributed by atoms with van der Waals surface area (Å²) in [5.74, 6) is -0.632. The largest absolute Gasteiger partial charge is 0.361 e. The molecule has 1 spiro atoms. The molecule has 1 N–H and O–H groups in total. The molecule has 2 aliphatic heterocycles. The molecule has 1 aromatic rings. The summed E-state index contributed by atoms with van der Waals surface area (Å²) in [6.07, 6.45) is 0.817. The van der Waals surface area contributed by atoms with E-state index in [2.05, 4.69) is 5.32 Å². The van der Waals surface area contributed by atoms with Crippen molar-refractivity contribution in [2.24, 2.45) is 0 Å². The lowest BCUT2D eigenvalue weighted by molar-refractivity contribution is -0.143. The van der Waals surface area contributed by atoms with Crippen molar-refractivity contribution >= 4 is 23.4 Å². The average molecular weight is 327 g/mol. The van der Waals surface area contributed by atoms with Crippen LogP contribution in [0.4, 0.5) is 4.39 Å². The standard InChI is InChI=1S/C15H16ClFN2O3/c16-12-6-11(17)2-1-10(12)5-14(21)19-4-3-15(9-19)8-18-13(20)7-22-15/h1-2,6H,3-5,7-9H2,(H,18,20). The first-order valence-electron chi connectivity index (χ1n) is 7.10. The minimum absolute atomic E-state index is 0.0336. The summed E-state index contributed by atoms with van der Waals surface area (Å²) < 4.78 is 18.7. The molecule has 1 atom stereocenters. The Bertz CT molecular complexity index is 613. The first-order valence-corrected chi connectivity index (χ1v) is 7.48. The number of nitrogens with one attached hydrogen (secondary N) is 1. The fraction of sp³-hybridized carbons (Fsp3) is 0.467. The summed E-state index contributed by atoms with van der Waals surface area (Å²) in [6.45, 7) is 1.48. The molecule has 0 bridgehead atoms. The van der Waals surface area contributed by atoms with E-state index in [-0.39, 0.29) is 29.9 Å². The van der Waals surface area contributed by atoms with Crippen molar-refractivity contribution in [1.82, 2.24) is 10.2 Å². The van der Waals surface area contributed by atoms with E-state index < -0.39 is 11.4 Å².